The molecule has 0 aliphatic heterocycles. The van der Waals surface area contributed by atoms with Crippen LogP contribution in [0.3, 0.4) is 0 Å². The fourth-order valence-electron chi connectivity index (χ4n) is 2.16. The van der Waals surface area contributed by atoms with Gasteiger partial charge < -0.3 is 10.5 Å². The largest absolute Gasteiger partial charge is 0.383 e. The summed E-state index contributed by atoms with van der Waals surface area (Å²) in [6.07, 6.45) is 0. The van der Waals surface area contributed by atoms with Crippen LogP contribution < -0.4 is 5.73 Å². The van der Waals surface area contributed by atoms with Crippen molar-refractivity contribution in [3.8, 4) is 0 Å². The Morgan fingerprint density at radius 3 is 2.53 bits per heavy atom. The number of nitrogens with two attached hydrogens (primary N) is 1. The van der Waals surface area contributed by atoms with Gasteiger partial charge in [0.05, 0.1) is 12.6 Å². The maximum atomic E-state index is 6.16. The second-order valence-electron chi connectivity index (χ2n) is 4.69. The Hall–Kier alpha value is -0.420. The first kappa shape index (κ1) is 14.6. The highest BCUT2D eigenvalue weighted by molar-refractivity contribution is 7.07. The Labute approximate surface area is 109 Å². The first-order chi connectivity index (χ1) is 8.07. The van der Waals surface area contributed by atoms with E-state index in [2.05, 4.69) is 42.5 Å². The predicted molar refractivity (Wildman–Crippen MR) is 74.4 cm³/mol. The zero-order chi connectivity index (χ0) is 12.8. The zero-order valence-electron chi connectivity index (χ0n) is 11.2. The second kappa shape index (κ2) is 7.11. The Morgan fingerprint density at radius 1 is 1.41 bits per heavy atom. The molecule has 1 heterocycles. The fraction of sp³-hybridized carbons (Fsp3) is 0.692. The van der Waals surface area contributed by atoms with Crippen LogP contribution in [0.15, 0.2) is 16.8 Å². The number of thiophene rings is 1. The minimum absolute atomic E-state index is 0.115. The van der Waals surface area contributed by atoms with Gasteiger partial charge in [-0.1, -0.05) is 0 Å². The SMILES string of the molecule is COCCN(C(C)C)C(c1ccsc1)C(C)N. The summed E-state index contributed by atoms with van der Waals surface area (Å²) >= 11 is 1.72. The summed E-state index contributed by atoms with van der Waals surface area (Å²) in [6, 6.07) is 3.02. The predicted octanol–water partition coefficient (Wildman–Crippen LogP) is 2.49. The van der Waals surface area contributed by atoms with Crippen LogP contribution in [0.25, 0.3) is 0 Å². The van der Waals surface area contributed by atoms with Gasteiger partial charge in [0, 0.05) is 25.7 Å². The third-order valence-electron chi connectivity index (χ3n) is 2.96. The number of rotatable bonds is 7. The van der Waals surface area contributed by atoms with Gasteiger partial charge in [-0.2, -0.15) is 11.3 Å². The van der Waals surface area contributed by atoms with Gasteiger partial charge in [0.25, 0.3) is 0 Å². The van der Waals surface area contributed by atoms with Gasteiger partial charge in [0.2, 0.25) is 0 Å². The summed E-state index contributed by atoms with van der Waals surface area (Å²) in [4.78, 5) is 2.41. The molecule has 2 atom stereocenters. The molecule has 1 rings (SSSR count). The standard InChI is InChI=1S/C13H24N2OS/c1-10(2)15(6-7-16-4)13(11(3)14)12-5-8-17-9-12/h5,8-11,13H,6-7,14H2,1-4H3. The zero-order valence-corrected chi connectivity index (χ0v) is 12.0. The van der Waals surface area contributed by atoms with Gasteiger partial charge in [0.1, 0.15) is 0 Å². The fourth-order valence-corrected chi connectivity index (χ4v) is 2.84. The number of nitrogens with zero attached hydrogens (tertiary/aromatic N) is 1. The van der Waals surface area contributed by atoms with Crippen LogP contribution in [-0.2, 0) is 4.74 Å². The van der Waals surface area contributed by atoms with Crippen molar-refractivity contribution in [3.05, 3.63) is 22.4 Å². The van der Waals surface area contributed by atoms with Crippen LogP contribution in [0.4, 0.5) is 0 Å². The van der Waals surface area contributed by atoms with Gasteiger partial charge in [-0.05, 0) is 43.2 Å². The van der Waals surface area contributed by atoms with Crippen molar-refractivity contribution in [2.45, 2.75) is 38.9 Å². The Kier molecular flexibility index (Phi) is 6.12. The summed E-state index contributed by atoms with van der Waals surface area (Å²) in [5.41, 5.74) is 7.48. The average molecular weight is 256 g/mol. The van der Waals surface area contributed by atoms with E-state index in [1.807, 2.05) is 0 Å². The van der Waals surface area contributed by atoms with E-state index in [-0.39, 0.29) is 12.1 Å². The van der Waals surface area contributed by atoms with E-state index in [0.29, 0.717) is 6.04 Å². The minimum Gasteiger partial charge on any atom is -0.383 e. The molecular formula is C13H24N2OS. The van der Waals surface area contributed by atoms with Gasteiger partial charge in [-0.3, -0.25) is 4.90 Å². The van der Waals surface area contributed by atoms with Crippen molar-refractivity contribution >= 4 is 11.3 Å². The highest BCUT2D eigenvalue weighted by Gasteiger charge is 2.26. The molecule has 4 heteroatoms. The topological polar surface area (TPSA) is 38.5 Å². The van der Waals surface area contributed by atoms with E-state index in [0.717, 1.165) is 13.2 Å². The highest BCUT2D eigenvalue weighted by atomic mass is 32.1. The van der Waals surface area contributed by atoms with Crippen LogP contribution in [0.5, 0.6) is 0 Å². The molecule has 0 radical (unpaired) electrons. The number of ether oxygens (including phenoxy) is 1. The van der Waals surface area contributed by atoms with Crippen LogP contribution in [0, 0.1) is 0 Å². The maximum Gasteiger partial charge on any atom is 0.0590 e. The molecule has 0 aromatic carbocycles. The summed E-state index contributed by atoms with van der Waals surface area (Å²) in [7, 11) is 1.74. The van der Waals surface area contributed by atoms with Gasteiger partial charge >= 0.3 is 0 Å². The molecule has 0 fully saturated rings. The lowest BCUT2D eigenvalue weighted by Gasteiger charge is -2.37. The molecule has 2 unspecified atom stereocenters. The first-order valence-electron chi connectivity index (χ1n) is 6.10. The van der Waals surface area contributed by atoms with Crippen LogP contribution in [-0.4, -0.2) is 37.2 Å². The minimum atomic E-state index is 0.115. The van der Waals surface area contributed by atoms with Gasteiger partial charge in [-0.15, -0.1) is 0 Å². The number of hydrogen-bond acceptors (Lipinski definition) is 4. The molecule has 0 amide bonds. The Balaban J connectivity index is 2.86. The van der Waals surface area contributed by atoms with Crippen LogP contribution >= 0.6 is 11.3 Å². The normalized spacial score (nSPS) is 15.5. The van der Waals surface area contributed by atoms with Crippen LogP contribution in [0.1, 0.15) is 32.4 Å². The van der Waals surface area contributed by atoms with E-state index >= 15 is 0 Å². The van der Waals surface area contributed by atoms with E-state index in [1.165, 1.54) is 5.56 Å². The third kappa shape index (κ3) is 4.07. The summed E-state index contributed by atoms with van der Waals surface area (Å²) in [5, 5.41) is 4.30. The summed E-state index contributed by atoms with van der Waals surface area (Å²) in [5.74, 6) is 0. The first-order valence-corrected chi connectivity index (χ1v) is 7.04. The molecular weight excluding hydrogens is 232 g/mol. The van der Waals surface area contributed by atoms with E-state index in [1.54, 1.807) is 18.4 Å². The molecule has 98 valence electrons. The third-order valence-corrected chi connectivity index (χ3v) is 3.66. The molecule has 0 saturated heterocycles. The van der Waals surface area contributed by atoms with Crippen molar-refractivity contribution in [2.24, 2.45) is 5.73 Å². The lowest BCUT2D eigenvalue weighted by atomic mass is 10.0. The Bertz CT molecular complexity index is 298. The van der Waals surface area contributed by atoms with Crippen molar-refractivity contribution < 1.29 is 4.74 Å². The summed E-state index contributed by atoms with van der Waals surface area (Å²) < 4.78 is 5.19. The molecule has 17 heavy (non-hydrogen) atoms. The van der Waals surface area contributed by atoms with E-state index in [9.17, 15) is 0 Å². The molecule has 0 aliphatic rings. The maximum absolute atomic E-state index is 6.16. The molecule has 1 aromatic rings. The monoisotopic (exact) mass is 256 g/mol. The number of methoxy groups -OCH3 is 1. The van der Waals surface area contributed by atoms with E-state index in [4.69, 9.17) is 10.5 Å². The average Bonchev–Trinajstić information content (AvgIpc) is 2.76. The number of hydrogen-bond donors (Lipinski definition) is 1. The molecule has 0 saturated carbocycles. The molecule has 1 aromatic heterocycles. The molecule has 3 nitrogen and oxygen atoms in total. The van der Waals surface area contributed by atoms with Crippen molar-refractivity contribution in [1.29, 1.82) is 0 Å². The smallest absolute Gasteiger partial charge is 0.0590 e. The Morgan fingerprint density at radius 2 is 2.12 bits per heavy atom. The van der Waals surface area contributed by atoms with Gasteiger partial charge in [-0.25, -0.2) is 0 Å². The second-order valence-corrected chi connectivity index (χ2v) is 5.47. The van der Waals surface area contributed by atoms with Gasteiger partial charge in [0.15, 0.2) is 0 Å². The molecule has 2 N–H and O–H groups in total. The molecule has 0 bridgehead atoms. The van der Waals surface area contributed by atoms with E-state index < -0.39 is 0 Å². The van der Waals surface area contributed by atoms with Crippen molar-refractivity contribution in [1.82, 2.24) is 4.90 Å². The van der Waals surface area contributed by atoms with Crippen molar-refractivity contribution in [3.63, 3.8) is 0 Å². The van der Waals surface area contributed by atoms with Crippen LogP contribution in [0.2, 0.25) is 0 Å². The molecule has 0 spiro atoms. The quantitative estimate of drug-likeness (QED) is 0.814. The lowest BCUT2D eigenvalue weighted by molar-refractivity contribution is 0.0865. The summed E-state index contributed by atoms with van der Waals surface area (Å²) in [6.45, 7) is 8.14. The molecule has 0 aliphatic carbocycles. The lowest BCUT2D eigenvalue weighted by Crippen LogP contribution is -2.44. The highest BCUT2D eigenvalue weighted by Crippen LogP contribution is 2.27. The van der Waals surface area contributed by atoms with Crippen molar-refractivity contribution in [2.75, 3.05) is 20.3 Å².